The van der Waals surface area contributed by atoms with Crippen LogP contribution in [0.3, 0.4) is 0 Å². The van der Waals surface area contributed by atoms with E-state index >= 15 is 0 Å². The number of likely N-dealkylation sites (N-methyl/N-ethyl adjacent to an activating group) is 1. The molecule has 2 aromatic rings. The molecule has 0 aromatic carbocycles. The number of pyridine rings is 1. The Kier molecular flexibility index (Phi) is 6.52. The second-order valence-electron chi connectivity index (χ2n) is 6.56. The standard InChI is InChI=1S/C18H22ClN3O3S2/c1-21(27(24,25)18-11-10-15(19)26-18)13-17(23)22-12-6-5-9-16(22)20-14-7-3-2-4-8-14/h5-6,9-12,14H,2-4,7-8,13H2,1H3. The Bertz CT molecular complexity index is 975. The summed E-state index contributed by atoms with van der Waals surface area (Å²) in [5, 5.41) is 0. The van der Waals surface area contributed by atoms with Crippen LogP contribution in [0, 0.1) is 0 Å². The van der Waals surface area contributed by atoms with Crippen LogP contribution in [0.2, 0.25) is 4.34 Å². The van der Waals surface area contributed by atoms with Gasteiger partial charge >= 0.3 is 0 Å². The van der Waals surface area contributed by atoms with Gasteiger partial charge in [-0.15, -0.1) is 11.3 Å². The summed E-state index contributed by atoms with van der Waals surface area (Å²) < 4.78 is 28.2. The van der Waals surface area contributed by atoms with Crippen LogP contribution >= 0.6 is 22.9 Å². The molecule has 0 saturated heterocycles. The first kappa shape index (κ1) is 20.3. The molecule has 1 saturated carbocycles. The molecule has 6 nitrogen and oxygen atoms in total. The summed E-state index contributed by atoms with van der Waals surface area (Å²) in [4.78, 5) is 17.5. The van der Waals surface area contributed by atoms with Gasteiger partial charge in [0.25, 0.3) is 10.0 Å². The van der Waals surface area contributed by atoms with Crippen LogP contribution in [0.1, 0.15) is 36.9 Å². The minimum absolute atomic E-state index is 0.118. The topological polar surface area (TPSA) is 71.7 Å². The fourth-order valence-corrected chi connectivity index (χ4v) is 5.90. The Morgan fingerprint density at radius 2 is 2.00 bits per heavy atom. The summed E-state index contributed by atoms with van der Waals surface area (Å²) >= 11 is 6.81. The van der Waals surface area contributed by atoms with Gasteiger partial charge < -0.3 is 0 Å². The van der Waals surface area contributed by atoms with Gasteiger partial charge in [-0.25, -0.2) is 8.42 Å². The van der Waals surface area contributed by atoms with E-state index in [9.17, 15) is 13.2 Å². The average Bonchev–Trinajstić information content (AvgIpc) is 3.10. The smallest absolute Gasteiger partial charge is 0.252 e. The number of carbonyl (C=O) groups is 1. The van der Waals surface area contributed by atoms with E-state index < -0.39 is 10.0 Å². The van der Waals surface area contributed by atoms with Crippen LogP contribution in [0.15, 0.2) is 45.7 Å². The lowest BCUT2D eigenvalue weighted by atomic mass is 9.96. The van der Waals surface area contributed by atoms with E-state index in [4.69, 9.17) is 16.6 Å². The maximum atomic E-state index is 12.8. The van der Waals surface area contributed by atoms with Crippen molar-refractivity contribution in [2.24, 2.45) is 4.99 Å². The molecule has 0 amide bonds. The van der Waals surface area contributed by atoms with Gasteiger partial charge in [0.2, 0.25) is 5.91 Å². The molecule has 0 radical (unpaired) electrons. The van der Waals surface area contributed by atoms with Gasteiger partial charge in [0.1, 0.15) is 9.70 Å². The summed E-state index contributed by atoms with van der Waals surface area (Å²) in [7, 11) is -2.37. The number of nitrogens with zero attached hydrogens (tertiary/aromatic N) is 3. The van der Waals surface area contributed by atoms with Gasteiger partial charge in [0.15, 0.2) is 0 Å². The Morgan fingerprint density at radius 3 is 2.67 bits per heavy atom. The fourth-order valence-electron chi connectivity index (χ4n) is 3.09. The molecule has 1 fully saturated rings. The highest BCUT2D eigenvalue weighted by Crippen LogP contribution is 2.27. The predicted octanol–water partition coefficient (Wildman–Crippen LogP) is 3.40. The molecule has 1 aliphatic rings. The van der Waals surface area contributed by atoms with Crippen molar-refractivity contribution in [3.05, 3.63) is 46.4 Å². The molecule has 9 heteroatoms. The summed E-state index contributed by atoms with van der Waals surface area (Å²) in [5.41, 5.74) is 0.569. The van der Waals surface area contributed by atoms with E-state index in [1.165, 1.54) is 30.2 Å². The highest BCUT2D eigenvalue weighted by Gasteiger charge is 2.25. The van der Waals surface area contributed by atoms with Gasteiger partial charge in [-0.2, -0.15) is 4.31 Å². The maximum absolute atomic E-state index is 12.8. The minimum atomic E-state index is -3.76. The second kappa shape index (κ2) is 8.68. The summed E-state index contributed by atoms with van der Waals surface area (Å²) in [6.45, 7) is -0.278. The lowest BCUT2D eigenvalue weighted by Gasteiger charge is -2.19. The Hall–Kier alpha value is -1.48. The first-order valence-corrected chi connectivity index (χ1v) is 11.5. The minimum Gasteiger partial charge on any atom is -0.273 e. The molecule has 0 N–H and O–H groups in total. The highest BCUT2D eigenvalue weighted by molar-refractivity contribution is 7.91. The predicted molar refractivity (Wildman–Crippen MR) is 107 cm³/mol. The third-order valence-electron chi connectivity index (χ3n) is 4.57. The van der Waals surface area contributed by atoms with Crippen molar-refractivity contribution in [2.45, 2.75) is 42.4 Å². The molecule has 2 aromatic heterocycles. The van der Waals surface area contributed by atoms with Gasteiger partial charge in [-0.1, -0.05) is 36.9 Å². The molecule has 2 heterocycles. The van der Waals surface area contributed by atoms with Gasteiger partial charge in [0.05, 0.1) is 16.9 Å². The third-order valence-corrected chi connectivity index (χ3v) is 8.07. The van der Waals surface area contributed by atoms with Crippen molar-refractivity contribution in [3.63, 3.8) is 0 Å². The van der Waals surface area contributed by atoms with Crippen LogP contribution in [0.5, 0.6) is 0 Å². The lowest BCUT2D eigenvalue weighted by Crippen LogP contribution is -2.38. The quantitative estimate of drug-likeness (QED) is 0.734. The lowest BCUT2D eigenvalue weighted by molar-refractivity contribution is 0.0886. The summed E-state index contributed by atoms with van der Waals surface area (Å²) in [5.74, 6) is -0.348. The zero-order valence-electron chi connectivity index (χ0n) is 15.0. The zero-order chi connectivity index (χ0) is 19.4. The van der Waals surface area contributed by atoms with Crippen molar-refractivity contribution >= 4 is 38.9 Å². The molecule has 27 heavy (non-hydrogen) atoms. The SMILES string of the molecule is CN(CC(=O)n1ccccc1=NC1CCCCC1)S(=O)(=O)c1ccc(Cl)s1. The van der Waals surface area contributed by atoms with Crippen molar-refractivity contribution in [2.75, 3.05) is 13.6 Å². The molecule has 0 unspecified atom stereocenters. The normalized spacial score (nSPS) is 16.8. The number of hydrogen-bond acceptors (Lipinski definition) is 5. The van der Waals surface area contributed by atoms with E-state index in [1.54, 1.807) is 18.3 Å². The fraction of sp³-hybridized carbons (Fsp3) is 0.444. The van der Waals surface area contributed by atoms with Gasteiger partial charge in [-0.05, 0) is 37.1 Å². The van der Waals surface area contributed by atoms with Crippen LogP contribution in [0.4, 0.5) is 0 Å². The molecule has 0 atom stereocenters. The molecular weight excluding hydrogens is 406 g/mol. The van der Waals surface area contributed by atoms with E-state index in [2.05, 4.69) is 0 Å². The van der Waals surface area contributed by atoms with Crippen LogP contribution in [-0.4, -0.2) is 42.8 Å². The highest BCUT2D eigenvalue weighted by atomic mass is 35.5. The molecule has 0 bridgehead atoms. The maximum Gasteiger partial charge on any atom is 0.252 e. The number of rotatable bonds is 5. The van der Waals surface area contributed by atoms with E-state index in [-0.39, 0.29) is 22.7 Å². The van der Waals surface area contributed by atoms with E-state index in [0.717, 1.165) is 41.3 Å². The molecular formula is C18H22ClN3O3S2. The van der Waals surface area contributed by atoms with Crippen molar-refractivity contribution in [3.8, 4) is 0 Å². The first-order chi connectivity index (χ1) is 12.9. The van der Waals surface area contributed by atoms with Crippen molar-refractivity contribution in [1.29, 1.82) is 0 Å². The van der Waals surface area contributed by atoms with Crippen LogP contribution < -0.4 is 5.49 Å². The number of carbonyl (C=O) groups excluding carboxylic acids is 1. The largest absolute Gasteiger partial charge is 0.273 e. The second-order valence-corrected chi connectivity index (χ2v) is 10.5. The number of sulfonamides is 1. The zero-order valence-corrected chi connectivity index (χ0v) is 17.4. The van der Waals surface area contributed by atoms with E-state index in [1.807, 2.05) is 6.07 Å². The monoisotopic (exact) mass is 427 g/mol. The molecule has 3 rings (SSSR count). The summed E-state index contributed by atoms with van der Waals surface area (Å²) in [6, 6.07) is 8.56. The molecule has 0 aliphatic heterocycles. The number of hydrogen-bond donors (Lipinski definition) is 0. The average molecular weight is 428 g/mol. The number of aromatic nitrogens is 1. The molecule has 1 aliphatic carbocycles. The van der Waals surface area contributed by atoms with Crippen LogP contribution in [0.25, 0.3) is 0 Å². The van der Waals surface area contributed by atoms with Crippen molar-refractivity contribution < 1.29 is 13.2 Å². The Balaban J connectivity index is 1.81. The Labute approximate surface area is 168 Å². The summed E-state index contributed by atoms with van der Waals surface area (Å²) in [6.07, 6.45) is 7.22. The molecule has 0 spiro atoms. The van der Waals surface area contributed by atoms with Gasteiger partial charge in [-0.3, -0.25) is 14.4 Å². The van der Waals surface area contributed by atoms with Crippen molar-refractivity contribution in [1.82, 2.24) is 8.87 Å². The number of halogens is 1. The number of thiophene rings is 1. The molecule has 146 valence electrons. The van der Waals surface area contributed by atoms with E-state index in [0.29, 0.717) is 9.82 Å². The van der Waals surface area contributed by atoms with Gasteiger partial charge in [0, 0.05) is 13.2 Å². The Morgan fingerprint density at radius 1 is 1.26 bits per heavy atom. The van der Waals surface area contributed by atoms with Crippen LogP contribution in [-0.2, 0) is 10.0 Å². The first-order valence-electron chi connectivity index (χ1n) is 8.84. The third kappa shape index (κ3) is 4.87.